The number of carbonyl (C=O) groups is 2. The number of halogens is 1. The fourth-order valence-corrected chi connectivity index (χ4v) is 7.36. The molecular formula is C31H40BClN2O4. The van der Waals surface area contributed by atoms with Gasteiger partial charge in [0.25, 0.3) is 5.91 Å². The molecule has 2 N–H and O–H groups in total. The molecule has 1 aliphatic heterocycles. The van der Waals surface area contributed by atoms with E-state index in [1.807, 2.05) is 36.4 Å². The molecule has 1 saturated heterocycles. The monoisotopic (exact) mass is 550 g/mol. The van der Waals surface area contributed by atoms with Crippen LogP contribution in [0.3, 0.4) is 0 Å². The molecule has 6 rings (SSSR count). The molecule has 3 saturated carbocycles. The lowest BCUT2D eigenvalue weighted by Gasteiger charge is -2.64. The van der Waals surface area contributed by atoms with Crippen LogP contribution in [0, 0.1) is 23.2 Å². The van der Waals surface area contributed by atoms with E-state index in [1.165, 1.54) is 6.42 Å². The first-order valence-electron chi connectivity index (χ1n) is 14.2. The second kappa shape index (κ2) is 10.9. The SMILES string of the molecule is CC(C)C[C@H](NC(=O)CC(NC(=O)c1ccccc1)c1ccccc1Cl)B1O[C@@H]2C[C@@H]3C[C@@H](C3(C)C)[C@]2(C)O1. The summed E-state index contributed by atoms with van der Waals surface area (Å²) in [6, 6.07) is 15.7. The molecular weight excluding hydrogens is 511 g/mol. The number of hydrogen-bond donors (Lipinski definition) is 2. The van der Waals surface area contributed by atoms with E-state index in [0.717, 1.165) is 12.8 Å². The predicted octanol–water partition coefficient (Wildman–Crippen LogP) is 6.00. The molecule has 2 aromatic carbocycles. The third-order valence-electron chi connectivity index (χ3n) is 9.38. The molecule has 6 atom stereocenters. The summed E-state index contributed by atoms with van der Waals surface area (Å²) in [7, 11) is -0.501. The van der Waals surface area contributed by atoms with Gasteiger partial charge in [-0.05, 0) is 73.1 Å². The number of rotatable bonds is 9. The molecule has 1 unspecified atom stereocenters. The Labute approximate surface area is 237 Å². The summed E-state index contributed by atoms with van der Waals surface area (Å²) >= 11 is 6.51. The van der Waals surface area contributed by atoms with Crippen molar-refractivity contribution in [3.05, 3.63) is 70.7 Å². The summed E-state index contributed by atoms with van der Waals surface area (Å²) in [4.78, 5) is 26.6. The standard InChI is InChI=1S/C31H40BClN2O4/c1-19(2)15-27(32-38-26-17-21-16-25(30(21,3)4)31(26,5)39-32)35-28(36)18-24(22-13-9-10-14-23(22)33)34-29(37)20-11-7-6-8-12-20/h6-14,19,21,24-27H,15-18H2,1-5H3,(H,34,37)(H,35,36)/t21-,24?,25-,26+,27-,31-/m0/s1. The lowest BCUT2D eigenvalue weighted by molar-refractivity contribution is -0.199. The van der Waals surface area contributed by atoms with E-state index in [9.17, 15) is 9.59 Å². The summed E-state index contributed by atoms with van der Waals surface area (Å²) in [5.41, 5.74) is 1.14. The van der Waals surface area contributed by atoms with Crippen molar-refractivity contribution in [3.8, 4) is 0 Å². The molecule has 8 heteroatoms. The average Bonchev–Trinajstić information content (AvgIpc) is 3.25. The van der Waals surface area contributed by atoms with Crippen molar-refractivity contribution in [2.24, 2.45) is 23.2 Å². The Kier molecular flexibility index (Phi) is 7.89. The number of carbonyl (C=O) groups excluding carboxylic acids is 2. The van der Waals surface area contributed by atoms with Crippen molar-refractivity contribution in [1.29, 1.82) is 0 Å². The maximum Gasteiger partial charge on any atom is 0.481 e. The fraction of sp³-hybridized carbons (Fsp3) is 0.548. The summed E-state index contributed by atoms with van der Waals surface area (Å²) in [6.45, 7) is 11.2. The van der Waals surface area contributed by atoms with E-state index in [4.69, 9.17) is 20.9 Å². The highest BCUT2D eigenvalue weighted by molar-refractivity contribution is 6.47. The van der Waals surface area contributed by atoms with Gasteiger partial charge in [-0.25, -0.2) is 0 Å². The van der Waals surface area contributed by atoms with E-state index in [-0.39, 0.29) is 41.3 Å². The van der Waals surface area contributed by atoms with Gasteiger partial charge in [0.1, 0.15) is 0 Å². The van der Waals surface area contributed by atoms with Crippen LogP contribution in [0.4, 0.5) is 0 Å². The molecule has 1 heterocycles. The highest BCUT2D eigenvalue weighted by Crippen LogP contribution is 2.65. The normalized spacial score (nSPS) is 28.3. The molecule has 208 valence electrons. The predicted molar refractivity (Wildman–Crippen MR) is 154 cm³/mol. The maximum absolute atomic E-state index is 13.6. The number of hydrogen-bond acceptors (Lipinski definition) is 4. The molecule has 4 fully saturated rings. The average molecular weight is 551 g/mol. The molecule has 0 aromatic heterocycles. The van der Waals surface area contributed by atoms with Gasteiger partial charge in [0, 0.05) is 10.6 Å². The minimum absolute atomic E-state index is 0.0437. The summed E-state index contributed by atoms with van der Waals surface area (Å²) in [5.74, 6) is 0.707. The van der Waals surface area contributed by atoms with Crippen molar-refractivity contribution in [2.75, 3.05) is 0 Å². The van der Waals surface area contributed by atoms with Gasteiger partial charge in [0.15, 0.2) is 0 Å². The molecule has 3 aliphatic carbocycles. The summed E-state index contributed by atoms with van der Waals surface area (Å²) in [5, 5.41) is 6.74. The Hall–Kier alpha value is -2.35. The van der Waals surface area contributed by atoms with Gasteiger partial charge in [-0.2, -0.15) is 0 Å². The summed E-state index contributed by atoms with van der Waals surface area (Å²) < 4.78 is 13.2. The van der Waals surface area contributed by atoms with Crippen LogP contribution in [0.25, 0.3) is 0 Å². The van der Waals surface area contributed by atoms with Gasteiger partial charge in [-0.15, -0.1) is 0 Å². The molecule has 2 aromatic rings. The van der Waals surface area contributed by atoms with Crippen molar-refractivity contribution < 1.29 is 18.9 Å². The smallest absolute Gasteiger partial charge is 0.404 e. The van der Waals surface area contributed by atoms with Crippen LogP contribution in [-0.4, -0.2) is 36.6 Å². The molecule has 0 spiro atoms. The van der Waals surface area contributed by atoms with Crippen molar-refractivity contribution in [1.82, 2.24) is 10.6 Å². The van der Waals surface area contributed by atoms with Gasteiger partial charge in [-0.3, -0.25) is 9.59 Å². The van der Waals surface area contributed by atoms with Crippen LogP contribution < -0.4 is 10.6 Å². The van der Waals surface area contributed by atoms with Crippen LogP contribution in [0.5, 0.6) is 0 Å². The zero-order valence-corrected chi connectivity index (χ0v) is 24.3. The molecule has 4 aliphatic rings. The fourth-order valence-electron chi connectivity index (χ4n) is 7.10. The third-order valence-corrected chi connectivity index (χ3v) is 9.72. The quantitative estimate of drug-likeness (QED) is 0.376. The van der Waals surface area contributed by atoms with Gasteiger partial charge < -0.3 is 19.9 Å². The zero-order chi connectivity index (χ0) is 27.9. The van der Waals surface area contributed by atoms with Crippen molar-refractivity contribution in [3.63, 3.8) is 0 Å². The first kappa shape index (κ1) is 28.2. The molecule has 0 radical (unpaired) electrons. The van der Waals surface area contributed by atoms with Crippen LogP contribution >= 0.6 is 11.6 Å². The zero-order valence-electron chi connectivity index (χ0n) is 23.6. The highest BCUT2D eigenvalue weighted by atomic mass is 35.5. The Morgan fingerprint density at radius 1 is 1.03 bits per heavy atom. The molecule has 6 nitrogen and oxygen atoms in total. The Balaban J connectivity index is 1.32. The Morgan fingerprint density at radius 3 is 2.38 bits per heavy atom. The lowest BCUT2D eigenvalue weighted by atomic mass is 9.43. The second-order valence-electron chi connectivity index (χ2n) is 12.8. The van der Waals surface area contributed by atoms with Crippen molar-refractivity contribution in [2.45, 2.75) is 84.0 Å². The van der Waals surface area contributed by atoms with Crippen LogP contribution in [0.15, 0.2) is 54.6 Å². The molecule has 2 bridgehead atoms. The maximum atomic E-state index is 13.6. The first-order chi connectivity index (χ1) is 18.5. The van der Waals surface area contributed by atoms with Gasteiger partial charge >= 0.3 is 7.12 Å². The topological polar surface area (TPSA) is 76.7 Å². The first-order valence-corrected chi connectivity index (χ1v) is 14.6. The van der Waals surface area contributed by atoms with E-state index in [2.05, 4.69) is 45.3 Å². The van der Waals surface area contributed by atoms with E-state index in [0.29, 0.717) is 33.9 Å². The highest BCUT2D eigenvalue weighted by Gasteiger charge is 2.68. The number of amides is 2. The largest absolute Gasteiger partial charge is 0.481 e. The van der Waals surface area contributed by atoms with Gasteiger partial charge in [-0.1, -0.05) is 75.7 Å². The molecule has 2 amide bonds. The van der Waals surface area contributed by atoms with E-state index < -0.39 is 13.2 Å². The van der Waals surface area contributed by atoms with Crippen LogP contribution in [0.1, 0.15) is 82.3 Å². The lowest BCUT2D eigenvalue weighted by Crippen LogP contribution is -2.65. The minimum Gasteiger partial charge on any atom is -0.404 e. The Bertz CT molecular complexity index is 1210. The van der Waals surface area contributed by atoms with Gasteiger partial charge in [0.05, 0.1) is 30.1 Å². The third kappa shape index (κ3) is 5.50. The summed E-state index contributed by atoms with van der Waals surface area (Å²) in [6.07, 6.45) is 3.00. The number of nitrogens with one attached hydrogen (secondary N) is 2. The van der Waals surface area contributed by atoms with E-state index >= 15 is 0 Å². The minimum atomic E-state index is -0.593. The Morgan fingerprint density at radius 2 is 1.72 bits per heavy atom. The number of benzene rings is 2. The van der Waals surface area contributed by atoms with Gasteiger partial charge in [0.2, 0.25) is 5.91 Å². The molecule has 39 heavy (non-hydrogen) atoms. The second-order valence-corrected chi connectivity index (χ2v) is 13.2. The van der Waals surface area contributed by atoms with Crippen LogP contribution in [-0.2, 0) is 14.1 Å². The van der Waals surface area contributed by atoms with E-state index in [1.54, 1.807) is 18.2 Å². The van der Waals surface area contributed by atoms with Crippen molar-refractivity contribution >= 4 is 30.5 Å². The van der Waals surface area contributed by atoms with Crippen LogP contribution in [0.2, 0.25) is 5.02 Å².